The Morgan fingerprint density at radius 1 is 1.18 bits per heavy atom. The van der Waals surface area contributed by atoms with Crippen molar-refractivity contribution >= 4 is 27.9 Å². The third-order valence-corrected chi connectivity index (χ3v) is 3.63. The molecule has 0 radical (unpaired) electrons. The highest BCUT2D eigenvalue weighted by Gasteiger charge is 2.18. The van der Waals surface area contributed by atoms with Gasteiger partial charge in [0, 0.05) is 16.1 Å². The Balaban J connectivity index is 2.49. The fourth-order valence-corrected chi connectivity index (χ4v) is 2.27. The van der Waals surface area contributed by atoms with Gasteiger partial charge in [0.1, 0.15) is 0 Å². The van der Waals surface area contributed by atoms with Gasteiger partial charge in [-0.3, -0.25) is 14.9 Å². The van der Waals surface area contributed by atoms with Crippen molar-refractivity contribution in [1.82, 2.24) is 0 Å². The molecular weight excluding hydrogens is 354 g/mol. The van der Waals surface area contributed by atoms with Crippen molar-refractivity contribution in [3.63, 3.8) is 0 Å². The first-order valence-corrected chi connectivity index (χ1v) is 7.01. The molecule has 0 atom stereocenters. The number of carbonyl (C=O) groups is 1. The van der Waals surface area contributed by atoms with Gasteiger partial charge in [-0.05, 0) is 46.6 Å². The van der Waals surface area contributed by atoms with Gasteiger partial charge in [-0.15, -0.1) is 0 Å². The average molecular weight is 366 g/mol. The zero-order valence-corrected chi connectivity index (χ0v) is 13.4. The van der Waals surface area contributed by atoms with Crippen LogP contribution in [0.15, 0.2) is 34.8 Å². The number of benzene rings is 2. The van der Waals surface area contributed by atoms with Gasteiger partial charge in [0.05, 0.1) is 12.0 Å². The van der Waals surface area contributed by atoms with Gasteiger partial charge in [0.15, 0.2) is 17.8 Å². The SMILES string of the molecule is COc1cc(C=O)c(Br)cc1Oc1ccc(C)cc1[N+](=O)[O-]. The number of hydrogen-bond donors (Lipinski definition) is 0. The number of rotatable bonds is 5. The van der Waals surface area contributed by atoms with Crippen LogP contribution in [0.1, 0.15) is 15.9 Å². The van der Waals surface area contributed by atoms with Crippen molar-refractivity contribution in [2.45, 2.75) is 6.92 Å². The number of nitrogens with zero attached hydrogens (tertiary/aromatic N) is 1. The molecule has 0 spiro atoms. The standard InChI is InChI=1S/C15H12BrNO5/c1-9-3-4-13(12(5-9)17(19)20)22-15-7-11(16)10(8-18)6-14(15)21-2/h3-8H,1-2H3. The fraction of sp³-hybridized carbons (Fsp3) is 0.133. The maximum atomic E-state index is 11.1. The van der Waals surface area contributed by atoms with Gasteiger partial charge >= 0.3 is 5.69 Å². The van der Waals surface area contributed by atoms with Crippen LogP contribution >= 0.6 is 15.9 Å². The minimum absolute atomic E-state index is 0.0969. The molecule has 0 amide bonds. The average Bonchev–Trinajstić information content (AvgIpc) is 2.49. The molecule has 2 aromatic carbocycles. The fourth-order valence-electron chi connectivity index (χ4n) is 1.86. The molecule has 7 heteroatoms. The zero-order chi connectivity index (χ0) is 16.3. The first-order chi connectivity index (χ1) is 10.5. The Bertz CT molecular complexity index is 745. The zero-order valence-electron chi connectivity index (χ0n) is 11.8. The van der Waals surface area contributed by atoms with E-state index < -0.39 is 4.92 Å². The lowest BCUT2D eigenvalue weighted by atomic mass is 10.2. The first kappa shape index (κ1) is 16.0. The number of nitro benzene ring substituents is 1. The largest absolute Gasteiger partial charge is 0.493 e. The Labute approximate surface area is 134 Å². The van der Waals surface area contributed by atoms with E-state index in [4.69, 9.17) is 9.47 Å². The Hall–Kier alpha value is -2.41. The highest BCUT2D eigenvalue weighted by molar-refractivity contribution is 9.10. The van der Waals surface area contributed by atoms with E-state index in [2.05, 4.69) is 15.9 Å². The third-order valence-electron chi connectivity index (χ3n) is 2.94. The van der Waals surface area contributed by atoms with E-state index in [9.17, 15) is 14.9 Å². The Kier molecular flexibility index (Phi) is 4.77. The van der Waals surface area contributed by atoms with Crippen LogP contribution in [0.3, 0.4) is 0 Å². The maximum Gasteiger partial charge on any atom is 0.311 e. The van der Waals surface area contributed by atoms with Crippen molar-refractivity contribution in [1.29, 1.82) is 0 Å². The summed E-state index contributed by atoms with van der Waals surface area (Å²) in [5.41, 5.74) is 1.00. The molecule has 0 unspecified atom stereocenters. The minimum Gasteiger partial charge on any atom is -0.493 e. The molecule has 0 aliphatic rings. The van der Waals surface area contributed by atoms with Gasteiger partial charge in [0.2, 0.25) is 5.75 Å². The van der Waals surface area contributed by atoms with Crippen LogP contribution < -0.4 is 9.47 Å². The van der Waals surface area contributed by atoms with E-state index in [1.54, 1.807) is 13.0 Å². The van der Waals surface area contributed by atoms with Crippen molar-refractivity contribution in [3.8, 4) is 17.2 Å². The van der Waals surface area contributed by atoms with E-state index in [0.717, 1.165) is 5.56 Å². The smallest absolute Gasteiger partial charge is 0.311 e. The molecular formula is C15H12BrNO5. The van der Waals surface area contributed by atoms with Crippen LogP contribution in [0, 0.1) is 17.0 Å². The number of aryl methyl sites for hydroxylation is 1. The van der Waals surface area contributed by atoms with Crippen LogP contribution in [0.5, 0.6) is 17.2 Å². The number of hydrogen-bond acceptors (Lipinski definition) is 5. The predicted octanol–water partition coefficient (Wildman–Crippen LogP) is 4.28. The molecule has 0 aliphatic carbocycles. The normalized spacial score (nSPS) is 10.1. The molecule has 0 saturated carbocycles. The summed E-state index contributed by atoms with van der Waals surface area (Å²) in [6, 6.07) is 7.69. The number of halogens is 1. The van der Waals surface area contributed by atoms with Crippen LogP contribution in [0.4, 0.5) is 5.69 Å². The lowest BCUT2D eigenvalue weighted by Crippen LogP contribution is -1.97. The van der Waals surface area contributed by atoms with E-state index in [-0.39, 0.29) is 17.2 Å². The number of methoxy groups -OCH3 is 1. The molecule has 0 fully saturated rings. The van der Waals surface area contributed by atoms with Crippen molar-refractivity contribution in [2.75, 3.05) is 7.11 Å². The number of carbonyl (C=O) groups excluding carboxylic acids is 1. The highest BCUT2D eigenvalue weighted by Crippen LogP contribution is 2.39. The van der Waals surface area contributed by atoms with Crippen LogP contribution in [-0.2, 0) is 0 Å². The van der Waals surface area contributed by atoms with Crippen LogP contribution in [0.25, 0.3) is 0 Å². The third kappa shape index (κ3) is 3.25. The molecule has 0 aliphatic heterocycles. The van der Waals surface area contributed by atoms with E-state index in [1.165, 1.54) is 31.4 Å². The number of aldehydes is 1. The van der Waals surface area contributed by atoms with Crippen LogP contribution in [-0.4, -0.2) is 18.3 Å². The summed E-state index contributed by atoms with van der Waals surface area (Å²) in [7, 11) is 1.42. The van der Waals surface area contributed by atoms with Gasteiger partial charge in [0.25, 0.3) is 0 Å². The van der Waals surface area contributed by atoms with E-state index in [0.29, 0.717) is 22.1 Å². The Morgan fingerprint density at radius 3 is 2.50 bits per heavy atom. The van der Waals surface area contributed by atoms with Crippen molar-refractivity contribution < 1.29 is 19.2 Å². The quantitative estimate of drug-likeness (QED) is 0.448. The first-order valence-electron chi connectivity index (χ1n) is 6.22. The lowest BCUT2D eigenvalue weighted by Gasteiger charge is -2.12. The highest BCUT2D eigenvalue weighted by atomic mass is 79.9. The summed E-state index contributed by atoms with van der Waals surface area (Å²) in [6.45, 7) is 1.76. The second-order valence-electron chi connectivity index (χ2n) is 4.47. The minimum atomic E-state index is -0.510. The summed E-state index contributed by atoms with van der Waals surface area (Å²) >= 11 is 3.24. The van der Waals surface area contributed by atoms with Crippen molar-refractivity contribution in [2.24, 2.45) is 0 Å². The van der Waals surface area contributed by atoms with Gasteiger partial charge in [-0.25, -0.2) is 0 Å². The second-order valence-corrected chi connectivity index (χ2v) is 5.33. The Morgan fingerprint density at radius 2 is 1.91 bits per heavy atom. The summed E-state index contributed by atoms with van der Waals surface area (Å²) in [5, 5.41) is 11.1. The van der Waals surface area contributed by atoms with Crippen LogP contribution in [0.2, 0.25) is 0 Å². The van der Waals surface area contributed by atoms with Crippen molar-refractivity contribution in [3.05, 3.63) is 56.0 Å². The van der Waals surface area contributed by atoms with Gasteiger partial charge < -0.3 is 9.47 Å². The molecule has 6 nitrogen and oxygen atoms in total. The molecule has 114 valence electrons. The molecule has 0 heterocycles. The number of ether oxygens (including phenoxy) is 2. The predicted molar refractivity (Wildman–Crippen MR) is 84.0 cm³/mol. The van der Waals surface area contributed by atoms with Gasteiger partial charge in [-0.1, -0.05) is 6.07 Å². The van der Waals surface area contributed by atoms with Gasteiger partial charge in [-0.2, -0.15) is 0 Å². The molecule has 0 bridgehead atoms. The molecule has 0 saturated heterocycles. The summed E-state index contributed by atoms with van der Waals surface area (Å²) < 4.78 is 11.3. The monoisotopic (exact) mass is 365 g/mol. The molecule has 22 heavy (non-hydrogen) atoms. The number of nitro groups is 1. The topological polar surface area (TPSA) is 78.7 Å². The van der Waals surface area contributed by atoms with E-state index in [1.807, 2.05) is 0 Å². The summed E-state index contributed by atoms with van der Waals surface area (Å²) in [5.74, 6) is 0.673. The second kappa shape index (κ2) is 6.57. The molecule has 2 aromatic rings. The molecule has 0 N–H and O–H groups in total. The lowest BCUT2D eigenvalue weighted by molar-refractivity contribution is -0.385. The maximum absolute atomic E-state index is 11.1. The summed E-state index contributed by atoms with van der Waals surface area (Å²) in [4.78, 5) is 21.5. The molecule has 2 rings (SSSR count). The van der Waals surface area contributed by atoms with E-state index >= 15 is 0 Å². The molecule has 0 aromatic heterocycles. The summed E-state index contributed by atoms with van der Waals surface area (Å²) in [6.07, 6.45) is 0.671.